The average Bonchev–Trinajstić information content (AvgIpc) is 2.33. The molecular weight excluding hydrogens is 228 g/mol. The smallest absolute Gasteiger partial charge is 0.337 e. The first-order chi connectivity index (χ1) is 8.58. The molecule has 4 heteroatoms. The molecule has 0 bridgehead atoms. The molecule has 2 unspecified atom stereocenters. The van der Waals surface area contributed by atoms with Crippen LogP contribution in [-0.4, -0.2) is 33.5 Å². The number of hydrogen-bond donors (Lipinski definition) is 1. The van der Waals surface area contributed by atoms with Crippen molar-refractivity contribution in [2.24, 2.45) is 5.92 Å². The van der Waals surface area contributed by atoms with Crippen molar-refractivity contribution in [2.45, 2.75) is 39.3 Å². The highest BCUT2D eigenvalue weighted by atomic mass is 16.4. The van der Waals surface area contributed by atoms with Gasteiger partial charge in [-0.3, -0.25) is 9.88 Å². The van der Waals surface area contributed by atoms with E-state index in [1.807, 2.05) is 0 Å². The van der Waals surface area contributed by atoms with E-state index in [-0.39, 0.29) is 0 Å². The lowest BCUT2D eigenvalue weighted by atomic mass is 9.93. The number of piperidine rings is 1. The van der Waals surface area contributed by atoms with Gasteiger partial charge in [0.15, 0.2) is 0 Å². The van der Waals surface area contributed by atoms with Crippen molar-refractivity contribution in [1.82, 2.24) is 9.88 Å². The molecule has 2 rings (SSSR count). The van der Waals surface area contributed by atoms with E-state index in [9.17, 15) is 4.79 Å². The Morgan fingerprint density at radius 2 is 2.33 bits per heavy atom. The Balaban J connectivity index is 2.12. The van der Waals surface area contributed by atoms with E-state index >= 15 is 0 Å². The molecule has 0 aliphatic carbocycles. The van der Waals surface area contributed by atoms with Crippen LogP contribution in [0.5, 0.6) is 0 Å². The van der Waals surface area contributed by atoms with Gasteiger partial charge in [-0.2, -0.15) is 0 Å². The fraction of sp³-hybridized carbons (Fsp3) is 0.571. The van der Waals surface area contributed by atoms with Crippen molar-refractivity contribution >= 4 is 5.97 Å². The Hall–Kier alpha value is -1.42. The normalized spacial score (nSPS) is 25.0. The molecule has 2 heterocycles. The van der Waals surface area contributed by atoms with Crippen molar-refractivity contribution in [1.29, 1.82) is 0 Å². The van der Waals surface area contributed by atoms with Gasteiger partial charge in [0, 0.05) is 18.8 Å². The zero-order valence-electron chi connectivity index (χ0n) is 11.0. The van der Waals surface area contributed by atoms with E-state index in [0.29, 0.717) is 23.8 Å². The molecule has 1 aliphatic rings. The molecule has 98 valence electrons. The van der Waals surface area contributed by atoms with Crippen LogP contribution in [0.1, 0.15) is 42.7 Å². The SMILES string of the molecule is CC1CCN(Cc2ncccc2C(=O)O)C(C)C1. The maximum Gasteiger partial charge on any atom is 0.337 e. The lowest BCUT2D eigenvalue weighted by molar-refractivity contribution is 0.0690. The highest BCUT2D eigenvalue weighted by Crippen LogP contribution is 2.24. The van der Waals surface area contributed by atoms with E-state index < -0.39 is 5.97 Å². The van der Waals surface area contributed by atoms with Gasteiger partial charge < -0.3 is 5.11 Å². The van der Waals surface area contributed by atoms with Crippen LogP contribution in [-0.2, 0) is 6.54 Å². The van der Waals surface area contributed by atoms with Crippen molar-refractivity contribution in [3.05, 3.63) is 29.6 Å². The van der Waals surface area contributed by atoms with Crippen LogP contribution in [0.4, 0.5) is 0 Å². The summed E-state index contributed by atoms with van der Waals surface area (Å²) in [7, 11) is 0. The second-order valence-corrected chi connectivity index (χ2v) is 5.25. The molecule has 1 aromatic heterocycles. The fourth-order valence-electron chi connectivity index (χ4n) is 2.64. The third-order valence-electron chi connectivity index (χ3n) is 3.75. The molecule has 1 N–H and O–H groups in total. The molecule has 1 aromatic rings. The number of carbonyl (C=O) groups is 1. The zero-order valence-corrected chi connectivity index (χ0v) is 11.0. The summed E-state index contributed by atoms with van der Waals surface area (Å²) in [5.41, 5.74) is 0.995. The summed E-state index contributed by atoms with van der Waals surface area (Å²) in [6.07, 6.45) is 4.02. The summed E-state index contributed by atoms with van der Waals surface area (Å²) in [5.74, 6) is -0.130. The predicted octanol–water partition coefficient (Wildman–Crippen LogP) is 2.40. The Morgan fingerprint density at radius 3 is 3.00 bits per heavy atom. The molecule has 4 nitrogen and oxygen atoms in total. The van der Waals surface area contributed by atoms with Crippen molar-refractivity contribution in [3.8, 4) is 0 Å². The number of carboxylic acids is 1. The number of carboxylic acid groups (broad SMARTS) is 1. The highest BCUT2D eigenvalue weighted by molar-refractivity contribution is 5.88. The van der Waals surface area contributed by atoms with Crippen molar-refractivity contribution < 1.29 is 9.90 Å². The fourth-order valence-corrected chi connectivity index (χ4v) is 2.64. The van der Waals surface area contributed by atoms with Gasteiger partial charge in [-0.15, -0.1) is 0 Å². The van der Waals surface area contributed by atoms with Crippen LogP contribution in [0.15, 0.2) is 18.3 Å². The maximum atomic E-state index is 11.1. The van der Waals surface area contributed by atoms with Crippen molar-refractivity contribution in [3.63, 3.8) is 0 Å². The van der Waals surface area contributed by atoms with Gasteiger partial charge in [0.05, 0.1) is 11.3 Å². The number of aromatic carboxylic acids is 1. The summed E-state index contributed by atoms with van der Waals surface area (Å²) in [6, 6.07) is 3.80. The molecule has 0 amide bonds. The summed E-state index contributed by atoms with van der Waals surface area (Å²) >= 11 is 0. The van der Waals surface area contributed by atoms with E-state index in [1.165, 1.54) is 12.8 Å². The van der Waals surface area contributed by atoms with Crippen LogP contribution in [0.2, 0.25) is 0 Å². The van der Waals surface area contributed by atoms with Gasteiger partial charge >= 0.3 is 5.97 Å². The molecule has 0 radical (unpaired) electrons. The predicted molar refractivity (Wildman–Crippen MR) is 69.5 cm³/mol. The summed E-state index contributed by atoms with van der Waals surface area (Å²) in [4.78, 5) is 17.7. The van der Waals surface area contributed by atoms with Gasteiger partial charge in [-0.25, -0.2) is 4.79 Å². The first-order valence-corrected chi connectivity index (χ1v) is 6.49. The van der Waals surface area contributed by atoms with Gasteiger partial charge in [0.25, 0.3) is 0 Å². The largest absolute Gasteiger partial charge is 0.478 e. The molecular formula is C14H20N2O2. The van der Waals surface area contributed by atoms with E-state index in [4.69, 9.17) is 5.11 Å². The quantitative estimate of drug-likeness (QED) is 0.892. The molecule has 18 heavy (non-hydrogen) atoms. The Morgan fingerprint density at radius 1 is 1.56 bits per heavy atom. The first-order valence-electron chi connectivity index (χ1n) is 6.49. The number of pyridine rings is 1. The lowest BCUT2D eigenvalue weighted by Gasteiger charge is -2.36. The summed E-state index contributed by atoms with van der Waals surface area (Å²) in [6.45, 7) is 6.14. The van der Waals surface area contributed by atoms with Gasteiger partial charge in [0.2, 0.25) is 0 Å². The Kier molecular flexibility index (Phi) is 3.97. The second kappa shape index (κ2) is 5.48. The zero-order chi connectivity index (χ0) is 13.1. The third kappa shape index (κ3) is 2.88. The highest BCUT2D eigenvalue weighted by Gasteiger charge is 2.24. The minimum Gasteiger partial charge on any atom is -0.478 e. The topological polar surface area (TPSA) is 53.4 Å². The standard InChI is InChI=1S/C14H20N2O2/c1-10-5-7-16(11(2)8-10)9-13-12(14(17)18)4-3-6-15-13/h3-4,6,10-11H,5,7-9H2,1-2H3,(H,17,18). The molecule has 0 aromatic carbocycles. The minimum absolute atomic E-state index is 0.323. The first kappa shape index (κ1) is 13.0. The molecule has 1 saturated heterocycles. The van der Waals surface area contributed by atoms with Crippen molar-refractivity contribution in [2.75, 3.05) is 6.54 Å². The van der Waals surface area contributed by atoms with Gasteiger partial charge in [-0.1, -0.05) is 6.92 Å². The lowest BCUT2D eigenvalue weighted by Crippen LogP contribution is -2.40. The minimum atomic E-state index is -0.892. The maximum absolute atomic E-state index is 11.1. The van der Waals surface area contributed by atoms with Crippen LogP contribution in [0, 0.1) is 5.92 Å². The van der Waals surface area contributed by atoms with Crippen LogP contribution in [0.3, 0.4) is 0 Å². The molecule has 1 aliphatic heterocycles. The Labute approximate surface area is 108 Å². The Bertz CT molecular complexity index is 434. The van der Waals surface area contributed by atoms with Crippen LogP contribution >= 0.6 is 0 Å². The summed E-state index contributed by atoms with van der Waals surface area (Å²) < 4.78 is 0. The second-order valence-electron chi connectivity index (χ2n) is 5.25. The van der Waals surface area contributed by atoms with Gasteiger partial charge in [-0.05, 0) is 44.4 Å². The van der Waals surface area contributed by atoms with E-state index in [1.54, 1.807) is 18.3 Å². The number of likely N-dealkylation sites (tertiary alicyclic amines) is 1. The average molecular weight is 248 g/mol. The number of hydrogen-bond acceptors (Lipinski definition) is 3. The number of nitrogens with zero attached hydrogens (tertiary/aromatic N) is 2. The van der Waals surface area contributed by atoms with Crippen LogP contribution < -0.4 is 0 Å². The van der Waals surface area contributed by atoms with E-state index in [2.05, 4.69) is 23.7 Å². The third-order valence-corrected chi connectivity index (χ3v) is 3.75. The number of rotatable bonds is 3. The summed E-state index contributed by atoms with van der Waals surface area (Å²) in [5, 5.41) is 9.14. The van der Waals surface area contributed by atoms with E-state index in [0.717, 1.165) is 12.5 Å². The van der Waals surface area contributed by atoms with Gasteiger partial charge in [0.1, 0.15) is 0 Å². The molecule has 2 atom stereocenters. The monoisotopic (exact) mass is 248 g/mol. The number of aromatic nitrogens is 1. The molecule has 0 spiro atoms. The van der Waals surface area contributed by atoms with Crippen LogP contribution in [0.25, 0.3) is 0 Å². The molecule has 0 saturated carbocycles. The molecule has 1 fully saturated rings.